The molecule has 0 aliphatic carbocycles. The largest absolute Gasteiger partial charge is 0.376 e. The molecule has 2 amide bonds. The number of nitrogens with zero attached hydrogens (tertiary/aromatic N) is 5. The molecule has 1 aliphatic heterocycles. The van der Waals surface area contributed by atoms with E-state index in [4.69, 9.17) is 9.26 Å². The first kappa shape index (κ1) is 21.3. The maximum atomic E-state index is 13.0. The van der Waals surface area contributed by atoms with Crippen molar-refractivity contribution in [2.45, 2.75) is 31.9 Å². The van der Waals surface area contributed by atoms with Crippen LogP contribution in [-0.2, 0) is 22.5 Å². The SMILES string of the molecule is O=C(NCc1ccc2nccn2c1)c1cnc(N(CC2CCCO2)C(=O)Cc2ccon2)s1. The Morgan fingerprint density at radius 2 is 2.21 bits per heavy atom. The number of imidazole rings is 1. The second kappa shape index (κ2) is 9.51. The van der Waals surface area contributed by atoms with Crippen molar-refractivity contribution >= 4 is 33.9 Å². The van der Waals surface area contributed by atoms with Gasteiger partial charge in [-0.2, -0.15) is 0 Å². The molecule has 4 aromatic rings. The van der Waals surface area contributed by atoms with E-state index in [-0.39, 0.29) is 24.3 Å². The van der Waals surface area contributed by atoms with Gasteiger partial charge in [0.15, 0.2) is 5.13 Å². The molecular weight excluding hydrogens is 444 g/mol. The average Bonchev–Trinajstić information content (AvgIpc) is 3.62. The van der Waals surface area contributed by atoms with Gasteiger partial charge in [0.1, 0.15) is 16.8 Å². The molecule has 33 heavy (non-hydrogen) atoms. The fourth-order valence-corrected chi connectivity index (χ4v) is 4.55. The second-order valence-electron chi connectivity index (χ2n) is 7.73. The predicted molar refractivity (Wildman–Crippen MR) is 120 cm³/mol. The Balaban J connectivity index is 1.27. The van der Waals surface area contributed by atoms with Crippen molar-refractivity contribution in [3.63, 3.8) is 0 Å². The summed E-state index contributed by atoms with van der Waals surface area (Å²) < 4.78 is 12.5. The van der Waals surface area contributed by atoms with Crippen molar-refractivity contribution in [2.75, 3.05) is 18.1 Å². The third-order valence-electron chi connectivity index (χ3n) is 5.39. The van der Waals surface area contributed by atoms with Gasteiger partial charge in [-0.05, 0) is 24.5 Å². The van der Waals surface area contributed by atoms with Crippen LogP contribution in [0.3, 0.4) is 0 Å². The highest BCUT2D eigenvalue weighted by Gasteiger charge is 2.27. The summed E-state index contributed by atoms with van der Waals surface area (Å²) in [4.78, 5) is 36.3. The van der Waals surface area contributed by atoms with Crippen LogP contribution in [0.1, 0.15) is 33.8 Å². The van der Waals surface area contributed by atoms with Crippen molar-refractivity contribution in [1.82, 2.24) is 24.8 Å². The van der Waals surface area contributed by atoms with Gasteiger partial charge in [0.05, 0.1) is 31.0 Å². The fourth-order valence-electron chi connectivity index (χ4n) is 3.69. The third-order valence-corrected chi connectivity index (χ3v) is 6.41. The topological polar surface area (TPSA) is 115 Å². The standard InChI is InChI=1S/C22H22N6O4S/c29-20(10-16-5-9-32-26-16)28(14-17-2-1-8-31-17)22-25-12-18(33-22)21(30)24-11-15-3-4-19-23-6-7-27(19)13-15/h3-7,9,12-13,17H,1-2,8,10-11,14H2,(H,24,30). The van der Waals surface area contributed by atoms with Crippen molar-refractivity contribution in [3.8, 4) is 0 Å². The van der Waals surface area contributed by atoms with Gasteiger partial charge in [-0.1, -0.05) is 22.6 Å². The van der Waals surface area contributed by atoms with Gasteiger partial charge in [0.25, 0.3) is 5.91 Å². The third kappa shape index (κ3) is 4.94. The summed E-state index contributed by atoms with van der Waals surface area (Å²) >= 11 is 1.18. The number of aromatic nitrogens is 4. The zero-order chi connectivity index (χ0) is 22.6. The molecule has 1 N–H and O–H groups in total. The summed E-state index contributed by atoms with van der Waals surface area (Å²) in [7, 11) is 0. The lowest BCUT2D eigenvalue weighted by molar-refractivity contribution is -0.118. The first-order valence-electron chi connectivity index (χ1n) is 10.6. The zero-order valence-corrected chi connectivity index (χ0v) is 18.5. The van der Waals surface area contributed by atoms with Crippen molar-refractivity contribution in [1.29, 1.82) is 0 Å². The van der Waals surface area contributed by atoms with Crippen LogP contribution in [-0.4, -0.2) is 50.6 Å². The Morgan fingerprint density at radius 3 is 3.03 bits per heavy atom. The van der Waals surface area contributed by atoms with E-state index in [0.29, 0.717) is 35.4 Å². The average molecular weight is 467 g/mol. The maximum absolute atomic E-state index is 13.0. The molecule has 1 atom stereocenters. The van der Waals surface area contributed by atoms with Crippen LogP contribution in [0.15, 0.2) is 53.8 Å². The van der Waals surface area contributed by atoms with Crippen LogP contribution in [0.25, 0.3) is 5.65 Å². The number of hydrogen-bond acceptors (Lipinski definition) is 8. The summed E-state index contributed by atoms with van der Waals surface area (Å²) in [6.45, 7) is 1.44. The molecule has 1 aliphatic rings. The lowest BCUT2D eigenvalue weighted by Gasteiger charge is -2.22. The summed E-state index contributed by atoms with van der Waals surface area (Å²) in [5, 5.41) is 7.20. The van der Waals surface area contributed by atoms with E-state index in [2.05, 4.69) is 20.4 Å². The van der Waals surface area contributed by atoms with Gasteiger partial charge in [0.2, 0.25) is 5.91 Å². The Morgan fingerprint density at radius 1 is 1.27 bits per heavy atom. The smallest absolute Gasteiger partial charge is 0.263 e. The molecule has 4 aromatic heterocycles. The number of pyridine rings is 1. The summed E-state index contributed by atoms with van der Waals surface area (Å²) in [6, 6.07) is 5.48. The first-order chi connectivity index (χ1) is 16.2. The van der Waals surface area contributed by atoms with E-state index in [1.54, 1.807) is 17.2 Å². The van der Waals surface area contributed by atoms with E-state index < -0.39 is 0 Å². The number of fused-ring (bicyclic) bond motifs is 1. The summed E-state index contributed by atoms with van der Waals surface area (Å²) in [5.41, 5.74) is 2.34. The molecule has 170 valence electrons. The molecule has 0 bridgehead atoms. The Labute approximate surface area is 193 Å². The monoisotopic (exact) mass is 466 g/mol. The fraction of sp³-hybridized carbons (Fsp3) is 0.318. The zero-order valence-electron chi connectivity index (χ0n) is 17.7. The van der Waals surface area contributed by atoms with Crippen LogP contribution in [0, 0.1) is 0 Å². The number of anilines is 1. The Kier molecular flexibility index (Phi) is 6.13. The normalized spacial score (nSPS) is 15.7. The minimum Gasteiger partial charge on any atom is -0.376 e. The number of carbonyl (C=O) groups excluding carboxylic acids is 2. The number of rotatable bonds is 8. The lowest BCUT2D eigenvalue weighted by Crippen LogP contribution is -2.38. The van der Waals surface area contributed by atoms with Gasteiger partial charge in [0, 0.05) is 37.8 Å². The van der Waals surface area contributed by atoms with Crippen LogP contribution in [0.2, 0.25) is 0 Å². The van der Waals surface area contributed by atoms with Crippen molar-refractivity contribution in [3.05, 3.63) is 65.4 Å². The van der Waals surface area contributed by atoms with Gasteiger partial charge in [-0.15, -0.1) is 0 Å². The highest BCUT2D eigenvalue weighted by Crippen LogP contribution is 2.26. The van der Waals surface area contributed by atoms with E-state index in [1.807, 2.05) is 28.9 Å². The molecular formula is C22H22N6O4S. The molecule has 10 nitrogen and oxygen atoms in total. The van der Waals surface area contributed by atoms with Crippen LogP contribution in [0.5, 0.6) is 0 Å². The number of nitrogens with one attached hydrogen (secondary N) is 1. The first-order valence-corrected chi connectivity index (χ1v) is 11.4. The summed E-state index contributed by atoms with van der Waals surface area (Å²) in [6.07, 6.45) is 10.3. The number of ether oxygens (including phenoxy) is 1. The highest BCUT2D eigenvalue weighted by molar-refractivity contribution is 7.17. The van der Waals surface area contributed by atoms with Crippen molar-refractivity contribution < 1.29 is 18.8 Å². The highest BCUT2D eigenvalue weighted by atomic mass is 32.1. The van der Waals surface area contributed by atoms with Gasteiger partial charge < -0.3 is 19.0 Å². The van der Waals surface area contributed by atoms with Crippen LogP contribution in [0.4, 0.5) is 5.13 Å². The van der Waals surface area contributed by atoms with E-state index in [9.17, 15) is 9.59 Å². The molecule has 0 radical (unpaired) electrons. The van der Waals surface area contributed by atoms with Crippen LogP contribution < -0.4 is 10.2 Å². The second-order valence-corrected chi connectivity index (χ2v) is 8.74. The number of thiazole rings is 1. The quantitative estimate of drug-likeness (QED) is 0.424. The van der Waals surface area contributed by atoms with Crippen LogP contribution >= 0.6 is 11.3 Å². The van der Waals surface area contributed by atoms with Gasteiger partial charge >= 0.3 is 0 Å². The maximum Gasteiger partial charge on any atom is 0.263 e. The molecule has 0 saturated carbocycles. The molecule has 1 unspecified atom stereocenters. The number of amides is 2. The van der Waals surface area contributed by atoms with Crippen molar-refractivity contribution in [2.24, 2.45) is 0 Å². The molecule has 0 spiro atoms. The molecule has 5 rings (SSSR count). The lowest BCUT2D eigenvalue weighted by atomic mass is 10.2. The summed E-state index contributed by atoms with van der Waals surface area (Å²) in [5.74, 6) is -0.417. The minimum absolute atomic E-state index is 0.0504. The number of carbonyl (C=O) groups is 2. The molecule has 5 heterocycles. The van der Waals surface area contributed by atoms with E-state index in [0.717, 1.165) is 24.1 Å². The molecule has 1 fully saturated rings. The van der Waals surface area contributed by atoms with E-state index >= 15 is 0 Å². The predicted octanol–water partition coefficient (Wildman–Crippen LogP) is 2.46. The molecule has 0 aromatic carbocycles. The Hall–Kier alpha value is -3.57. The van der Waals surface area contributed by atoms with Gasteiger partial charge in [-0.3, -0.25) is 14.5 Å². The molecule has 11 heteroatoms. The number of hydrogen-bond donors (Lipinski definition) is 1. The molecule has 1 saturated heterocycles. The Bertz CT molecular complexity index is 1240. The van der Waals surface area contributed by atoms with E-state index in [1.165, 1.54) is 23.8 Å². The van der Waals surface area contributed by atoms with Gasteiger partial charge in [-0.25, -0.2) is 9.97 Å². The minimum atomic E-state index is -0.245.